The van der Waals surface area contributed by atoms with Crippen LogP contribution in [0.3, 0.4) is 0 Å². The van der Waals surface area contributed by atoms with Crippen LogP contribution in [-0.2, 0) is 11.8 Å². The average molecular weight is 320 g/mol. The zero-order chi connectivity index (χ0) is 11.0. The van der Waals surface area contributed by atoms with Crippen LogP contribution in [0.25, 0.3) is 0 Å². The second-order valence-electron chi connectivity index (χ2n) is 3.67. The number of rotatable bonds is 3. The fourth-order valence-electron chi connectivity index (χ4n) is 1.64. The zero-order valence-electron chi connectivity index (χ0n) is 8.79. The number of ether oxygens (including phenoxy) is 1. The predicted molar refractivity (Wildman–Crippen MR) is 63.9 cm³/mol. The minimum Gasteiger partial charge on any atom is -0.461 e. The van der Waals surface area contributed by atoms with Gasteiger partial charge in [0.25, 0.3) is 0 Å². The molecule has 0 aromatic carbocycles. The van der Waals surface area contributed by atoms with Crippen molar-refractivity contribution in [1.82, 2.24) is 9.78 Å². The van der Waals surface area contributed by atoms with Gasteiger partial charge in [0, 0.05) is 13.0 Å². The highest BCUT2D eigenvalue weighted by molar-refractivity contribution is 14.1. The molecular formula is C10H13IN2O2. The van der Waals surface area contributed by atoms with E-state index in [1.54, 1.807) is 6.92 Å². The lowest BCUT2D eigenvalue weighted by Crippen LogP contribution is -2.07. The van der Waals surface area contributed by atoms with Gasteiger partial charge in [0.2, 0.25) is 0 Å². The van der Waals surface area contributed by atoms with Crippen LogP contribution in [-0.4, -0.2) is 22.4 Å². The van der Waals surface area contributed by atoms with E-state index in [0.29, 0.717) is 18.2 Å². The van der Waals surface area contributed by atoms with Gasteiger partial charge in [0.05, 0.1) is 15.9 Å². The quantitative estimate of drug-likeness (QED) is 0.633. The van der Waals surface area contributed by atoms with Crippen molar-refractivity contribution in [3.63, 3.8) is 0 Å². The van der Waals surface area contributed by atoms with Crippen LogP contribution >= 0.6 is 22.6 Å². The number of hydrogen-bond acceptors (Lipinski definition) is 3. The van der Waals surface area contributed by atoms with Crippen molar-refractivity contribution in [2.75, 3.05) is 6.61 Å². The Kier molecular flexibility index (Phi) is 2.99. The molecule has 0 saturated heterocycles. The Morgan fingerprint density at radius 3 is 2.87 bits per heavy atom. The summed E-state index contributed by atoms with van der Waals surface area (Å²) in [6.07, 6.45) is 2.41. The van der Waals surface area contributed by atoms with E-state index >= 15 is 0 Å². The number of carbonyl (C=O) groups excluding carboxylic acids is 1. The lowest BCUT2D eigenvalue weighted by molar-refractivity contribution is 0.0517. The molecule has 1 saturated carbocycles. The SMILES string of the molecule is CCOC(=O)c1nn(C)c(C2CC2)c1I. The maximum Gasteiger partial charge on any atom is 0.359 e. The summed E-state index contributed by atoms with van der Waals surface area (Å²) in [5, 5.41) is 4.22. The van der Waals surface area contributed by atoms with E-state index in [0.717, 1.165) is 3.57 Å². The van der Waals surface area contributed by atoms with Crippen LogP contribution in [0.2, 0.25) is 0 Å². The van der Waals surface area contributed by atoms with Crippen LogP contribution in [0.5, 0.6) is 0 Å². The Balaban J connectivity index is 2.32. The molecular weight excluding hydrogens is 307 g/mol. The molecule has 0 amide bonds. The van der Waals surface area contributed by atoms with Gasteiger partial charge in [0.15, 0.2) is 5.69 Å². The molecule has 2 rings (SSSR count). The summed E-state index contributed by atoms with van der Waals surface area (Å²) < 4.78 is 7.72. The van der Waals surface area contributed by atoms with Crippen molar-refractivity contribution in [3.05, 3.63) is 15.0 Å². The first kappa shape index (κ1) is 10.9. The van der Waals surface area contributed by atoms with Crippen molar-refractivity contribution >= 4 is 28.6 Å². The highest BCUT2D eigenvalue weighted by Gasteiger charge is 2.32. The fraction of sp³-hybridized carbons (Fsp3) is 0.600. The molecule has 1 aliphatic rings. The van der Waals surface area contributed by atoms with Gasteiger partial charge in [-0.15, -0.1) is 0 Å². The van der Waals surface area contributed by atoms with Crippen molar-refractivity contribution in [1.29, 1.82) is 0 Å². The van der Waals surface area contributed by atoms with Crippen molar-refractivity contribution in [2.45, 2.75) is 25.7 Å². The third-order valence-electron chi connectivity index (χ3n) is 2.46. The molecule has 15 heavy (non-hydrogen) atoms. The predicted octanol–water partition coefficient (Wildman–Crippen LogP) is 2.08. The average Bonchev–Trinajstić information content (AvgIpc) is 2.95. The number of halogens is 1. The Bertz CT molecular complexity index is 396. The van der Waals surface area contributed by atoms with Crippen LogP contribution in [0.4, 0.5) is 0 Å². The minimum atomic E-state index is -0.315. The van der Waals surface area contributed by atoms with E-state index in [-0.39, 0.29) is 5.97 Å². The van der Waals surface area contributed by atoms with Gasteiger partial charge >= 0.3 is 5.97 Å². The molecule has 1 aromatic rings. The molecule has 1 aromatic heterocycles. The first-order valence-corrected chi connectivity index (χ1v) is 6.12. The van der Waals surface area contributed by atoms with E-state index in [4.69, 9.17) is 4.74 Å². The van der Waals surface area contributed by atoms with Gasteiger partial charge in [0.1, 0.15) is 0 Å². The zero-order valence-corrected chi connectivity index (χ0v) is 10.9. The first-order chi connectivity index (χ1) is 7.15. The molecule has 0 radical (unpaired) electrons. The Labute approximate surface area is 102 Å². The normalized spacial score (nSPS) is 15.4. The number of aryl methyl sites for hydroxylation is 1. The lowest BCUT2D eigenvalue weighted by Gasteiger charge is -1.98. The molecule has 1 heterocycles. The van der Waals surface area contributed by atoms with Gasteiger partial charge in [-0.3, -0.25) is 4.68 Å². The van der Waals surface area contributed by atoms with Crippen LogP contribution < -0.4 is 0 Å². The van der Waals surface area contributed by atoms with Gasteiger partial charge in [-0.1, -0.05) is 0 Å². The summed E-state index contributed by atoms with van der Waals surface area (Å²) in [5.74, 6) is 0.280. The van der Waals surface area contributed by atoms with Gasteiger partial charge in [-0.25, -0.2) is 4.79 Å². The van der Waals surface area contributed by atoms with Gasteiger partial charge in [-0.05, 0) is 42.4 Å². The Morgan fingerprint density at radius 1 is 1.67 bits per heavy atom. The fourth-order valence-corrected chi connectivity index (χ4v) is 2.76. The monoisotopic (exact) mass is 320 g/mol. The molecule has 0 unspecified atom stereocenters. The second-order valence-corrected chi connectivity index (χ2v) is 4.74. The summed E-state index contributed by atoms with van der Waals surface area (Å²) in [6, 6.07) is 0. The van der Waals surface area contributed by atoms with E-state index in [2.05, 4.69) is 27.7 Å². The van der Waals surface area contributed by atoms with E-state index in [9.17, 15) is 4.79 Å². The van der Waals surface area contributed by atoms with Crippen LogP contribution in [0.1, 0.15) is 41.9 Å². The van der Waals surface area contributed by atoms with Gasteiger partial charge in [-0.2, -0.15) is 5.10 Å². The summed E-state index contributed by atoms with van der Waals surface area (Å²) in [7, 11) is 1.89. The second kappa shape index (κ2) is 4.11. The molecule has 0 N–H and O–H groups in total. The molecule has 1 aliphatic carbocycles. The largest absolute Gasteiger partial charge is 0.461 e. The number of aromatic nitrogens is 2. The van der Waals surface area contributed by atoms with E-state index in [1.807, 2.05) is 11.7 Å². The molecule has 0 atom stereocenters. The summed E-state index contributed by atoms with van der Waals surface area (Å²) in [5.41, 5.74) is 1.64. The smallest absolute Gasteiger partial charge is 0.359 e. The summed E-state index contributed by atoms with van der Waals surface area (Å²) in [6.45, 7) is 2.19. The maximum absolute atomic E-state index is 11.6. The third kappa shape index (κ3) is 2.02. The molecule has 1 fully saturated rings. The topological polar surface area (TPSA) is 44.1 Å². The third-order valence-corrected chi connectivity index (χ3v) is 3.53. The molecule has 4 nitrogen and oxygen atoms in total. The highest BCUT2D eigenvalue weighted by atomic mass is 127. The van der Waals surface area contributed by atoms with Crippen LogP contribution in [0.15, 0.2) is 0 Å². The number of nitrogens with zero attached hydrogens (tertiary/aromatic N) is 2. The summed E-state index contributed by atoms with van der Waals surface area (Å²) >= 11 is 2.19. The van der Waals surface area contributed by atoms with E-state index in [1.165, 1.54) is 18.5 Å². The van der Waals surface area contributed by atoms with Crippen molar-refractivity contribution in [2.24, 2.45) is 7.05 Å². The minimum absolute atomic E-state index is 0.315. The lowest BCUT2D eigenvalue weighted by atomic mass is 10.2. The molecule has 0 aliphatic heterocycles. The standard InChI is InChI=1S/C10H13IN2O2/c1-3-15-10(14)8-7(11)9(6-4-5-6)13(2)12-8/h6H,3-5H2,1-2H3. The maximum atomic E-state index is 11.6. The number of carbonyl (C=O) groups is 1. The highest BCUT2D eigenvalue weighted by Crippen LogP contribution is 2.42. The van der Waals surface area contributed by atoms with Crippen molar-refractivity contribution in [3.8, 4) is 0 Å². The Morgan fingerprint density at radius 2 is 2.33 bits per heavy atom. The molecule has 0 bridgehead atoms. The van der Waals surface area contributed by atoms with E-state index < -0.39 is 0 Å². The Hall–Kier alpha value is -0.590. The number of esters is 1. The summed E-state index contributed by atoms with van der Waals surface area (Å²) in [4.78, 5) is 11.6. The molecule has 82 valence electrons. The van der Waals surface area contributed by atoms with Crippen molar-refractivity contribution < 1.29 is 9.53 Å². The molecule has 5 heteroatoms. The number of hydrogen-bond donors (Lipinski definition) is 0. The van der Waals surface area contributed by atoms with Gasteiger partial charge < -0.3 is 4.74 Å². The first-order valence-electron chi connectivity index (χ1n) is 5.04. The van der Waals surface area contributed by atoms with Crippen LogP contribution in [0, 0.1) is 3.57 Å². The molecule has 0 spiro atoms.